The average Bonchev–Trinajstić information content (AvgIpc) is 3.58. The third-order valence-corrected chi connectivity index (χ3v) is 6.76. The fourth-order valence-corrected chi connectivity index (χ4v) is 4.99. The van der Waals surface area contributed by atoms with E-state index in [4.69, 9.17) is 0 Å². The summed E-state index contributed by atoms with van der Waals surface area (Å²) in [5.74, 6) is -0.629. The Bertz CT molecular complexity index is 1370. The molecule has 2 amide bonds. The topological polar surface area (TPSA) is 138 Å². The Hall–Kier alpha value is -4.06. The molecule has 0 saturated carbocycles. The molecule has 34 heavy (non-hydrogen) atoms. The first-order valence-corrected chi connectivity index (χ1v) is 11.3. The molecule has 4 aromatic rings. The number of aryl methyl sites for hydroxylation is 2. The summed E-state index contributed by atoms with van der Waals surface area (Å²) in [7, 11) is 0. The van der Waals surface area contributed by atoms with Crippen molar-refractivity contribution in [2.45, 2.75) is 32.4 Å². The molecule has 1 unspecified atom stereocenters. The van der Waals surface area contributed by atoms with Gasteiger partial charge >= 0.3 is 0 Å². The number of thiophene rings is 1. The van der Waals surface area contributed by atoms with Crippen molar-refractivity contribution in [1.29, 1.82) is 0 Å². The first-order valence-electron chi connectivity index (χ1n) is 10.5. The maximum absolute atomic E-state index is 13.4. The van der Waals surface area contributed by atoms with Crippen LogP contribution in [0.2, 0.25) is 0 Å². The largest absolute Gasteiger partial charge is 0.347 e. The van der Waals surface area contributed by atoms with Crippen molar-refractivity contribution in [2.75, 3.05) is 0 Å². The van der Waals surface area contributed by atoms with E-state index < -0.39 is 11.8 Å². The first-order chi connectivity index (χ1) is 16.5. The fourth-order valence-electron chi connectivity index (χ4n) is 3.82. The molecule has 172 valence electrons. The molecule has 1 atom stereocenters. The average molecular weight is 479 g/mol. The number of tetrazole rings is 1. The first kappa shape index (κ1) is 21.8. The Balaban J connectivity index is 1.24. The molecule has 0 aliphatic heterocycles. The van der Waals surface area contributed by atoms with E-state index in [2.05, 4.69) is 41.2 Å². The Morgan fingerprint density at radius 1 is 1.18 bits per heavy atom. The predicted octanol–water partition coefficient (Wildman–Crippen LogP) is 2.51. The van der Waals surface area contributed by atoms with Gasteiger partial charge in [-0.2, -0.15) is 5.21 Å². The van der Waals surface area contributed by atoms with E-state index in [1.165, 1.54) is 23.3 Å². The number of aromatic nitrogens is 6. The van der Waals surface area contributed by atoms with Gasteiger partial charge in [-0.05, 0) is 53.8 Å². The summed E-state index contributed by atoms with van der Waals surface area (Å²) in [5.41, 5.74) is 2.45. The lowest BCUT2D eigenvalue weighted by atomic mass is 10.1. The number of hydrogen-bond acceptors (Lipinski definition) is 8. The van der Waals surface area contributed by atoms with Crippen molar-refractivity contribution in [3.05, 3.63) is 75.4 Å². The summed E-state index contributed by atoms with van der Waals surface area (Å²) in [5, 5.41) is 19.8. The number of benzene rings is 1. The van der Waals surface area contributed by atoms with Crippen LogP contribution in [0.15, 0.2) is 36.7 Å². The van der Waals surface area contributed by atoms with Crippen LogP contribution in [0, 0.1) is 12.7 Å². The van der Waals surface area contributed by atoms with Crippen LogP contribution < -0.4 is 10.6 Å². The zero-order valence-corrected chi connectivity index (χ0v) is 18.8. The molecule has 3 N–H and O–H groups in total. The van der Waals surface area contributed by atoms with Crippen LogP contribution in [0.3, 0.4) is 0 Å². The number of H-pyrrole nitrogens is 1. The van der Waals surface area contributed by atoms with Gasteiger partial charge in [0.15, 0.2) is 0 Å². The standard InChI is InChI=1S/C22H19FN8O2S/c1-11-6-12(2-3-14(11)23)9-24-21(32)16-8-17(26-10-25-16)22(33)27-15-4-5-18-13(15)7-19(34-18)20-28-30-31-29-20/h2-3,6-8,10,15H,4-5,9H2,1H3,(H,24,32)(H,27,33)(H,28,29,30,31). The SMILES string of the molecule is Cc1cc(CNC(=O)c2cc(C(=O)NC3CCc4sc(-c5nn[nH]n5)cc43)ncn2)ccc1F. The van der Waals surface area contributed by atoms with Gasteiger partial charge in [-0.15, -0.1) is 21.5 Å². The quantitative estimate of drug-likeness (QED) is 0.387. The predicted molar refractivity (Wildman–Crippen MR) is 120 cm³/mol. The maximum Gasteiger partial charge on any atom is 0.270 e. The number of nitrogens with one attached hydrogen (secondary N) is 3. The van der Waals surface area contributed by atoms with E-state index in [0.717, 1.165) is 28.8 Å². The molecule has 0 fully saturated rings. The van der Waals surface area contributed by atoms with Gasteiger partial charge in [-0.1, -0.05) is 12.1 Å². The highest BCUT2D eigenvalue weighted by molar-refractivity contribution is 7.15. The number of amides is 2. The number of hydrogen-bond donors (Lipinski definition) is 3. The Morgan fingerprint density at radius 2 is 2.00 bits per heavy atom. The summed E-state index contributed by atoms with van der Waals surface area (Å²) in [6.07, 6.45) is 2.79. The normalized spacial score (nSPS) is 14.6. The molecular formula is C22H19FN8O2S. The molecule has 5 rings (SSSR count). The Labute approximate surface area is 197 Å². The minimum absolute atomic E-state index is 0.0704. The lowest BCUT2D eigenvalue weighted by Gasteiger charge is -2.13. The van der Waals surface area contributed by atoms with E-state index in [9.17, 15) is 14.0 Å². The van der Waals surface area contributed by atoms with Crippen molar-refractivity contribution in [3.63, 3.8) is 0 Å². The smallest absolute Gasteiger partial charge is 0.270 e. The zero-order chi connectivity index (χ0) is 23.7. The van der Waals surface area contributed by atoms with Gasteiger partial charge in [0.05, 0.1) is 10.9 Å². The van der Waals surface area contributed by atoms with Gasteiger partial charge in [0.2, 0.25) is 5.82 Å². The molecule has 1 aliphatic carbocycles. The maximum atomic E-state index is 13.4. The number of halogens is 1. The lowest BCUT2D eigenvalue weighted by Crippen LogP contribution is -2.29. The molecular weight excluding hydrogens is 459 g/mol. The lowest BCUT2D eigenvalue weighted by molar-refractivity contribution is 0.0931. The van der Waals surface area contributed by atoms with Crippen LogP contribution in [-0.4, -0.2) is 42.4 Å². The molecule has 1 aromatic carbocycles. The van der Waals surface area contributed by atoms with E-state index >= 15 is 0 Å². The van der Waals surface area contributed by atoms with Crippen molar-refractivity contribution in [1.82, 2.24) is 41.2 Å². The minimum Gasteiger partial charge on any atom is -0.347 e. The van der Waals surface area contributed by atoms with Crippen LogP contribution in [0.5, 0.6) is 0 Å². The Kier molecular flexibility index (Phi) is 5.80. The highest BCUT2D eigenvalue weighted by Gasteiger charge is 2.28. The highest BCUT2D eigenvalue weighted by atomic mass is 32.1. The van der Waals surface area contributed by atoms with Gasteiger partial charge in [-0.25, -0.2) is 14.4 Å². The van der Waals surface area contributed by atoms with Gasteiger partial charge in [-0.3, -0.25) is 9.59 Å². The van der Waals surface area contributed by atoms with Crippen LogP contribution in [0.25, 0.3) is 10.7 Å². The second-order valence-electron chi connectivity index (χ2n) is 7.84. The van der Waals surface area contributed by atoms with Gasteiger partial charge in [0.25, 0.3) is 11.8 Å². The second-order valence-corrected chi connectivity index (χ2v) is 8.98. The number of carbonyl (C=O) groups excluding carboxylic acids is 2. The fraction of sp³-hybridized carbons (Fsp3) is 0.227. The summed E-state index contributed by atoms with van der Waals surface area (Å²) in [6, 6.07) is 7.78. The molecule has 10 nitrogen and oxygen atoms in total. The number of rotatable bonds is 6. The van der Waals surface area contributed by atoms with Crippen molar-refractivity contribution in [3.8, 4) is 10.7 Å². The molecule has 3 heterocycles. The Morgan fingerprint density at radius 3 is 2.76 bits per heavy atom. The van der Waals surface area contributed by atoms with Crippen LogP contribution in [0.4, 0.5) is 4.39 Å². The monoisotopic (exact) mass is 478 g/mol. The molecule has 12 heteroatoms. The number of nitrogens with zero attached hydrogens (tertiary/aromatic N) is 5. The molecule has 1 aliphatic rings. The van der Waals surface area contributed by atoms with Gasteiger partial charge in [0.1, 0.15) is 23.5 Å². The molecule has 0 saturated heterocycles. The van der Waals surface area contributed by atoms with E-state index in [0.29, 0.717) is 11.4 Å². The third-order valence-electron chi connectivity index (χ3n) is 5.56. The van der Waals surface area contributed by atoms with Crippen LogP contribution in [-0.2, 0) is 13.0 Å². The minimum atomic E-state index is -0.454. The molecule has 0 radical (unpaired) electrons. The number of carbonyl (C=O) groups is 2. The summed E-state index contributed by atoms with van der Waals surface area (Å²) in [6.45, 7) is 1.86. The van der Waals surface area contributed by atoms with Crippen LogP contribution in [0.1, 0.15) is 55.0 Å². The van der Waals surface area contributed by atoms with Crippen LogP contribution >= 0.6 is 11.3 Å². The summed E-state index contributed by atoms with van der Waals surface area (Å²) in [4.78, 5) is 35.5. The molecule has 3 aromatic heterocycles. The summed E-state index contributed by atoms with van der Waals surface area (Å²) >= 11 is 1.58. The van der Waals surface area contributed by atoms with Crippen molar-refractivity contribution >= 4 is 23.2 Å². The van der Waals surface area contributed by atoms with E-state index in [1.54, 1.807) is 30.4 Å². The van der Waals surface area contributed by atoms with Crippen molar-refractivity contribution < 1.29 is 14.0 Å². The highest BCUT2D eigenvalue weighted by Crippen LogP contribution is 2.40. The second kappa shape index (κ2) is 9.06. The third kappa shape index (κ3) is 4.39. The molecule has 0 spiro atoms. The zero-order valence-electron chi connectivity index (χ0n) is 18.0. The number of fused-ring (bicyclic) bond motifs is 1. The van der Waals surface area contributed by atoms with E-state index in [-0.39, 0.29) is 29.8 Å². The summed E-state index contributed by atoms with van der Waals surface area (Å²) < 4.78 is 13.4. The van der Waals surface area contributed by atoms with E-state index in [1.807, 2.05) is 6.07 Å². The molecule has 0 bridgehead atoms. The van der Waals surface area contributed by atoms with Gasteiger partial charge < -0.3 is 10.6 Å². The van der Waals surface area contributed by atoms with Gasteiger partial charge in [0, 0.05) is 17.5 Å². The van der Waals surface area contributed by atoms with Crippen molar-refractivity contribution in [2.24, 2.45) is 0 Å². The number of aromatic amines is 1.